The number of hydrogen-bond acceptors (Lipinski definition) is 8. The molecular weight excluding hydrogens is 617 g/mol. The van der Waals surface area contributed by atoms with Gasteiger partial charge in [0.1, 0.15) is 0 Å². The molecule has 11 heteroatoms. The van der Waals surface area contributed by atoms with E-state index in [2.05, 4.69) is 0 Å². The van der Waals surface area contributed by atoms with E-state index in [1.54, 1.807) is 0 Å². The second-order valence-electron chi connectivity index (χ2n) is 14.3. The summed E-state index contributed by atoms with van der Waals surface area (Å²) in [6.07, 6.45) is 0. The Morgan fingerprint density at radius 1 is 0.314 bits per heavy atom. The molecule has 0 rings (SSSR count). The summed E-state index contributed by atoms with van der Waals surface area (Å²) in [7, 11) is -6.14. The molecule has 0 spiro atoms. The van der Waals surface area contributed by atoms with Gasteiger partial charge >= 0.3 is 43.2 Å². The van der Waals surface area contributed by atoms with Gasteiger partial charge in [0.05, 0.1) is 33.6 Å². The normalized spacial score (nSPS) is 14.7. The van der Waals surface area contributed by atoms with Crippen molar-refractivity contribution in [1.29, 1.82) is 0 Å². The van der Waals surface area contributed by atoms with Crippen molar-refractivity contribution < 1.29 is 53.9 Å². The second-order valence-corrected chi connectivity index (χ2v) is 20.5. The standard InChI is InChI=1S/2C12H27O3SSi.Cd/c2*1-10(2,3)13-17(16,14-11(4,5)6)15-12(7,8)9;/h2*1-9H3;/q2*-1;+2. The van der Waals surface area contributed by atoms with Crippen LogP contribution in [0.25, 0.3) is 0 Å². The maximum Gasteiger partial charge on any atom is 2.00 e. The Kier molecular flexibility index (Phi) is 16.4. The van der Waals surface area contributed by atoms with E-state index >= 15 is 0 Å². The fourth-order valence-electron chi connectivity index (χ4n) is 2.38. The summed E-state index contributed by atoms with van der Waals surface area (Å²) in [5.74, 6) is 0. The molecule has 35 heavy (non-hydrogen) atoms. The molecule has 0 aromatic rings. The third-order valence-corrected chi connectivity index (χ3v) is 9.26. The largest absolute Gasteiger partial charge is 2.00 e. The van der Waals surface area contributed by atoms with Crippen molar-refractivity contribution in [1.82, 2.24) is 0 Å². The summed E-state index contributed by atoms with van der Waals surface area (Å²) < 4.78 is 35.3. The Hall–Kier alpha value is 1.82. The molecule has 6 nitrogen and oxygen atoms in total. The first-order chi connectivity index (χ1) is 14.2. The number of rotatable bonds is 6. The van der Waals surface area contributed by atoms with Gasteiger partial charge in [0.2, 0.25) is 0 Å². The Morgan fingerprint density at radius 3 is 0.457 bits per heavy atom. The average molecular weight is 671 g/mol. The van der Waals surface area contributed by atoms with Gasteiger partial charge in [0.25, 0.3) is 0 Å². The molecule has 0 aliphatic heterocycles. The summed E-state index contributed by atoms with van der Waals surface area (Å²) in [6, 6.07) is 0. The Morgan fingerprint density at radius 2 is 0.400 bits per heavy atom. The molecule has 0 aliphatic rings. The van der Waals surface area contributed by atoms with Crippen LogP contribution in [0.3, 0.4) is 0 Å². The van der Waals surface area contributed by atoms with Gasteiger partial charge in [-0.25, -0.2) is 0 Å². The van der Waals surface area contributed by atoms with Crippen molar-refractivity contribution >= 4 is 40.1 Å². The maximum atomic E-state index is 5.89. The molecule has 0 fully saturated rings. The van der Waals surface area contributed by atoms with E-state index in [4.69, 9.17) is 50.7 Å². The van der Waals surface area contributed by atoms with Crippen LogP contribution in [0, 0.1) is 0 Å². The van der Waals surface area contributed by atoms with E-state index in [0.717, 1.165) is 0 Å². The van der Waals surface area contributed by atoms with Gasteiger partial charge in [-0.1, -0.05) is 0 Å². The molecule has 0 unspecified atom stereocenters. The molecule has 208 valence electrons. The molecule has 0 amide bonds. The van der Waals surface area contributed by atoms with Gasteiger partial charge in [-0.15, -0.1) is 0 Å². The molecule has 0 radical (unpaired) electrons. The zero-order valence-electron chi connectivity index (χ0n) is 26.0. The molecule has 0 bridgehead atoms. The van der Waals surface area contributed by atoms with Crippen LogP contribution in [0.1, 0.15) is 125 Å². The molecule has 0 saturated heterocycles. The maximum absolute atomic E-state index is 5.89. The number of hydrogen-bond donors (Lipinski definition) is 0. The predicted molar refractivity (Wildman–Crippen MR) is 151 cm³/mol. The molecular formula is C24H54CdO6S2Si2. The van der Waals surface area contributed by atoms with Crippen molar-refractivity contribution in [3.8, 4) is 0 Å². The molecule has 0 aromatic carbocycles. The molecule has 0 N–H and O–H groups in total. The summed E-state index contributed by atoms with van der Waals surface area (Å²) in [5, 5.41) is 0. The summed E-state index contributed by atoms with van der Waals surface area (Å²) in [4.78, 5) is 0. The van der Waals surface area contributed by atoms with Gasteiger partial charge in [-0.2, -0.15) is 0 Å². The Bertz CT molecular complexity index is 475. The zero-order chi connectivity index (χ0) is 28.2. The molecule has 0 atom stereocenters. The minimum atomic E-state index is -3.07. The van der Waals surface area contributed by atoms with Crippen molar-refractivity contribution in [2.45, 2.75) is 158 Å². The van der Waals surface area contributed by atoms with Gasteiger partial charge < -0.3 is 50.7 Å². The molecule has 0 heterocycles. The molecule has 0 aliphatic carbocycles. The minimum Gasteiger partial charge on any atom is -0.708 e. The minimum absolute atomic E-state index is 0. The quantitative estimate of drug-likeness (QED) is 0.225. The van der Waals surface area contributed by atoms with E-state index in [-0.39, 0.29) is 60.9 Å². The van der Waals surface area contributed by atoms with Crippen molar-refractivity contribution in [3.05, 3.63) is 0 Å². The molecule has 0 aromatic heterocycles. The van der Waals surface area contributed by atoms with Crippen LogP contribution < -0.4 is 0 Å². The Balaban J connectivity index is -0.000000569. The fraction of sp³-hybridized carbons (Fsp3) is 1.00. The van der Waals surface area contributed by atoms with Gasteiger partial charge in [-0.3, -0.25) is 0 Å². The molecule has 0 saturated carbocycles. The third-order valence-electron chi connectivity index (χ3n) is 2.59. The second kappa shape index (κ2) is 13.9. The van der Waals surface area contributed by atoms with Crippen LogP contribution in [0.2, 0.25) is 0 Å². The van der Waals surface area contributed by atoms with Crippen LogP contribution in [0.15, 0.2) is 0 Å². The first kappa shape index (κ1) is 41.3. The first-order valence-electron chi connectivity index (χ1n) is 11.9. The van der Waals surface area contributed by atoms with Crippen LogP contribution in [-0.4, -0.2) is 49.5 Å². The van der Waals surface area contributed by atoms with Gasteiger partial charge in [0, 0.05) is 0 Å². The van der Waals surface area contributed by atoms with Crippen LogP contribution >= 0.6 is 0 Å². The van der Waals surface area contributed by atoms with Crippen molar-refractivity contribution in [2.24, 2.45) is 0 Å². The van der Waals surface area contributed by atoms with E-state index in [9.17, 15) is 0 Å². The third kappa shape index (κ3) is 28.6. The van der Waals surface area contributed by atoms with Crippen LogP contribution in [0.4, 0.5) is 0 Å². The first-order valence-corrected chi connectivity index (χ1v) is 17.6. The average Bonchev–Trinajstić information content (AvgIpc) is 2.20. The topological polar surface area (TPSA) is 55.4 Å². The summed E-state index contributed by atoms with van der Waals surface area (Å²) in [5.41, 5.74) is -2.22. The fourth-order valence-corrected chi connectivity index (χ4v) is 11.6. The van der Waals surface area contributed by atoms with Gasteiger partial charge in [0.15, 0.2) is 0 Å². The van der Waals surface area contributed by atoms with Crippen molar-refractivity contribution in [3.63, 3.8) is 0 Å². The van der Waals surface area contributed by atoms with Crippen LogP contribution in [0.5, 0.6) is 0 Å². The monoisotopic (exact) mass is 672 g/mol. The van der Waals surface area contributed by atoms with E-state index in [0.29, 0.717) is 0 Å². The summed E-state index contributed by atoms with van der Waals surface area (Å²) >= 11 is 11.0. The zero-order valence-corrected chi connectivity index (χ0v) is 33.6. The summed E-state index contributed by atoms with van der Waals surface area (Å²) in [6.45, 7) is 35.2. The smallest absolute Gasteiger partial charge is 0.708 e. The predicted octanol–water partition coefficient (Wildman–Crippen LogP) is 6.83. The van der Waals surface area contributed by atoms with E-state index in [1.165, 1.54) is 0 Å². The van der Waals surface area contributed by atoms with Gasteiger partial charge in [-0.05, 0) is 125 Å². The van der Waals surface area contributed by atoms with E-state index < -0.39 is 15.9 Å². The van der Waals surface area contributed by atoms with E-state index in [1.807, 2.05) is 125 Å². The van der Waals surface area contributed by atoms with Crippen molar-refractivity contribution in [2.75, 3.05) is 0 Å². The SMILES string of the molecule is CC(C)(C)O[Si]([S-])(OC(C)(C)C)OC(C)(C)C.CC(C)(C)O[Si]([S-])(OC(C)(C)C)OC(C)(C)C.[Cd+2]. The van der Waals surface area contributed by atoms with Crippen LogP contribution in [-0.2, 0) is 78.0 Å². The Labute approximate surface area is 250 Å².